The molecule has 0 aliphatic carbocycles. The van der Waals surface area contributed by atoms with E-state index in [1.807, 2.05) is 6.07 Å². The first-order valence-corrected chi connectivity index (χ1v) is 11.5. The highest BCUT2D eigenvalue weighted by Crippen LogP contribution is 2.30. The number of benzene rings is 2. The van der Waals surface area contributed by atoms with Crippen molar-refractivity contribution in [2.24, 2.45) is 4.99 Å². The number of hydrogen-bond donors (Lipinski definition) is 2. The zero-order chi connectivity index (χ0) is 22.9. The van der Waals surface area contributed by atoms with E-state index in [0.717, 1.165) is 55.8 Å². The summed E-state index contributed by atoms with van der Waals surface area (Å²) in [6.45, 7) is 8.30. The number of hydrogen-bond acceptors (Lipinski definition) is 5. The lowest BCUT2D eigenvalue weighted by molar-refractivity contribution is 0.171. The van der Waals surface area contributed by atoms with E-state index < -0.39 is 0 Å². The molecule has 0 radical (unpaired) electrons. The van der Waals surface area contributed by atoms with E-state index in [1.165, 1.54) is 16.7 Å². The van der Waals surface area contributed by atoms with Gasteiger partial charge < -0.3 is 24.7 Å². The lowest BCUT2D eigenvalue weighted by Gasteiger charge is -2.19. The van der Waals surface area contributed by atoms with Crippen molar-refractivity contribution in [3.63, 3.8) is 0 Å². The van der Waals surface area contributed by atoms with Crippen LogP contribution >= 0.6 is 24.0 Å². The summed E-state index contributed by atoms with van der Waals surface area (Å²) in [5.74, 6) is 3.43. The molecular weight excluding hydrogens is 543 g/mol. The molecule has 0 fully saturated rings. The Kier molecular flexibility index (Phi) is 9.99. The second-order valence-corrected chi connectivity index (χ2v) is 7.97. The molecule has 3 aromatic rings. The summed E-state index contributed by atoms with van der Waals surface area (Å²) in [4.78, 5) is 4.83. The van der Waals surface area contributed by atoms with Gasteiger partial charge in [0.15, 0.2) is 17.5 Å². The minimum absolute atomic E-state index is 0. The molecule has 0 amide bonds. The Labute approximate surface area is 218 Å². The summed E-state index contributed by atoms with van der Waals surface area (Å²) in [5.41, 5.74) is 3.66. The number of rotatable bonds is 9. The normalized spacial score (nSPS) is 12.7. The standard InChI is InChI=1S/C25H32N6O2.HI/c1-3-24-30-29-18-31(24)13-12-27-25(28-17-21-7-5-4-6-19(21)2)26-11-10-20-8-9-22-23(16-20)33-15-14-32-22;/h4-9,16,18H,3,10-15,17H2,1-2H3,(H2,26,27,28);1H. The molecule has 34 heavy (non-hydrogen) atoms. The summed E-state index contributed by atoms with van der Waals surface area (Å²) in [6.07, 6.45) is 3.50. The lowest BCUT2D eigenvalue weighted by atomic mass is 10.1. The molecule has 0 saturated carbocycles. The molecule has 0 atom stereocenters. The van der Waals surface area contributed by atoms with Crippen molar-refractivity contribution in [1.29, 1.82) is 0 Å². The molecule has 4 rings (SSSR count). The number of fused-ring (bicyclic) bond motifs is 1. The number of ether oxygens (including phenoxy) is 2. The summed E-state index contributed by atoms with van der Waals surface area (Å²) in [7, 11) is 0. The molecule has 2 heterocycles. The van der Waals surface area contributed by atoms with Crippen molar-refractivity contribution in [3.05, 3.63) is 71.3 Å². The number of guanidine groups is 1. The molecule has 8 nitrogen and oxygen atoms in total. The van der Waals surface area contributed by atoms with E-state index in [-0.39, 0.29) is 24.0 Å². The molecule has 1 aliphatic rings. The van der Waals surface area contributed by atoms with Crippen molar-refractivity contribution in [3.8, 4) is 11.5 Å². The zero-order valence-electron chi connectivity index (χ0n) is 19.8. The van der Waals surface area contributed by atoms with Crippen LogP contribution in [0.25, 0.3) is 0 Å². The molecule has 182 valence electrons. The molecule has 1 aliphatic heterocycles. The van der Waals surface area contributed by atoms with Gasteiger partial charge in [-0.1, -0.05) is 37.3 Å². The van der Waals surface area contributed by atoms with Gasteiger partial charge in [0.2, 0.25) is 0 Å². The quantitative estimate of drug-likeness (QED) is 0.231. The Balaban J connectivity index is 0.00000324. The summed E-state index contributed by atoms with van der Waals surface area (Å²) >= 11 is 0. The van der Waals surface area contributed by atoms with Crippen LogP contribution in [0.4, 0.5) is 0 Å². The smallest absolute Gasteiger partial charge is 0.191 e. The predicted molar refractivity (Wildman–Crippen MR) is 144 cm³/mol. The van der Waals surface area contributed by atoms with Gasteiger partial charge in [-0.2, -0.15) is 0 Å². The average molecular weight is 576 g/mol. The second-order valence-electron chi connectivity index (χ2n) is 7.97. The van der Waals surface area contributed by atoms with E-state index in [0.29, 0.717) is 19.8 Å². The first-order valence-electron chi connectivity index (χ1n) is 11.5. The number of nitrogens with zero attached hydrogens (tertiary/aromatic N) is 4. The van der Waals surface area contributed by atoms with Crippen LogP contribution in [-0.4, -0.2) is 47.0 Å². The maximum absolute atomic E-state index is 5.70. The third-order valence-corrected chi connectivity index (χ3v) is 5.64. The van der Waals surface area contributed by atoms with Gasteiger partial charge >= 0.3 is 0 Å². The van der Waals surface area contributed by atoms with Gasteiger partial charge in [-0.15, -0.1) is 34.2 Å². The first kappa shape index (κ1) is 25.8. The van der Waals surface area contributed by atoms with Crippen molar-refractivity contribution >= 4 is 29.9 Å². The molecule has 9 heteroatoms. The van der Waals surface area contributed by atoms with E-state index in [4.69, 9.17) is 14.5 Å². The van der Waals surface area contributed by atoms with Crippen LogP contribution in [0.2, 0.25) is 0 Å². The highest BCUT2D eigenvalue weighted by Gasteiger charge is 2.11. The summed E-state index contributed by atoms with van der Waals surface area (Å²) in [6, 6.07) is 14.5. The highest BCUT2D eigenvalue weighted by atomic mass is 127. The number of aliphatic imine (C=N–C) groups is 1. The first-order chi connectivity index (χ1) is 16.2. The van der Waals surface area contributed by atoms with Gasteiger partial charge in [0.05, 0.1) is 6.54 Å². The number of nitrogens with one attached hydrogen (secondary N) is 2. The Morgan fingerprint density at radius 2 is 1.85 bits per heavy atom. The van der Waals surface area contributed by atoms with E-state index >= 15 is 0 Å². The molecule has 0 saturated heterocycles. The minimum Gasteiger partial charge on any atom is -0.486 e. The van der Waals surface area contributed by atoms with Gasteiger partial charge in [0.1, 0.15) is 25.4 Å². The van der Waals surface area contributed by atoms with Crippen molar-refractivity contribution < 1.29 is 9.47 Å². The fourth-order valence-electron chi connectivity index (χ4n) is 3.73. The van der Waals surface area contributed by atoms with Crippen LogP contribution in [0.1, 0.15) is 29.4 Å². The third kappa shape index (κ3) is 7.09. The Hall–Kier alpha value is -2.82. The van der Waals surface area contributed by atoms with Gasteiger partial charge in [-0.05, 0) is 42.2 Å². The lowest BCUT2D eigenvalue weighted by Crippen LogP contribution is -2.40. The van der Waals surface area contributed by atoms with Crippen LogP contribution < -0.4 is 20.1 Å². The van der Waals surface area contributed by atoms with Crippen LogP contribution in [0.3, 0.4) is 0 Å². The fourth-order valence-corrected chi connectivity index (χ4v) is 3.73. The average Bonchev–Trinajstić information content (AvgIpc) is 3.30. The van der Waals surface area contributed by atoms with Gasteiger partial charge in [0.25, 0.3) is 0 Å². The van der Waals surface area contributed by atoms with Crippen molar-refractivity contribution in [1.82, 2.24) is 25.4 Å². The minimum atomic E-state index is 0. The van der Waals surface area contributed by atoms with Crippen LogP contribution in [0, 0.1) is 6.92 Å². The fraction of sp³-hybridized carbons (Fsp3) is 0.400. The summed E-state index contributed by atoms with van der Waals surface area (Å²) in [5, 5.41) is 15.1. The Morgan fingerprint density at radius 1 is 1.06 bits per heavy atom. The Bertz CT molecular complexity index is 1080. The SMILES string of the molecule is CCc1nncn1CCNC(=NCc1ccccc1C)NCCc1ccc2c(c1)OCCO2.I. The molecule has 2 aromatic carbocycles. The monoisotopic (exact) mass is 576 g/mol. The van der Waals surface area contributed by atoms with Crippen molar-refractivity contribution in [2.45, 2.75) is 39.8 Å². The van der Waals surface area contributed by atoms with E-state index in [1.54, 1.807) is 6.33 Å². The zero-order valence-corrected chi connectivity index (χ0v) is 22.1. The molecule has 1 aromatic heterocycles. The largest absolute Gasteiger partial charge is 0.486 e. The van der Waals surface area contributed by atoms with Gasteiger partial charge in [0, 0.05) is 26.1 Å². The number of aromatic nitrogens is 3. The number of aryl methyl sites for hydroxylation is 2. The summed E-state index contributed by atoms with van der Waals surface area (Å²) < 4.78 is 13.4. The maximum Gasteiger partial charge on any atom is 0.191 e. The maximum atomic E-state index is 5.70. The van der Waals surface area contributed by atoms with E-state index in [2.05, 4.69) is 75.6 Å². The predicted octanol–water partition coefficient (Wildman–Crippen LogP) is 3.52. The van der Waals surface area contributed by atoms with Gasteiger partial charge in [-0.3, -0.25) is 0 Å². The topological polar surface area (TPSA) is 85.6 Å². The van der Waals surface area contributed by atoms with Crippen LogP contribution in [0.15, 0.2) is 53.8 Å². The third-order valence-electron chi connectivity index (χ3n) is 5.64. The van der Waals surface area contributed by atoms with Gasteiger partial charge in [-0.25, -0.2) is 4.99 Å². The van der Waals surface area contributed by atoms with Crippen LogP contribution in [0.5, 0.6) is 11.5 Å². The van der Waals surface area contributed by atoms with Crippen molar-refractivity contribution in [2.75, 3.05) is 26.3 Å². The molecular formula is C25H33IN6O2. The molecule has 0 spiro atoms. The highest BCUT2D eigenvalue weighted by molar-refractivity contribution is 14.0. The van der Waals surface area contributed by atoms with Crippen LogP contribution in [-0.2, 0) is 25.9 Å². The second kappa shape index (κ2) is 13.2. The Morgan fingerprint density at radius 3 is 2.68 bits per heavy atom. The molecule has 0 unspecified atom stereocenters. The molecule has 0 bridgehead atoms. The van der Waals surface area contributed by atoms with E-state index in [9.17, 15) is 0 Å². The molecule has 2 N–H and O–H groups in total. The number of halogens is 1.